The highest BCUT2D eigenvalue weighted by molar-refractivity contribution is 7.18. The van der Waals surface area contributed by atoms with E-state index < -0.39 is 11.7 Å². The fraction of sp³-hybridized carbons (Fsp3) is 0. The van der Waals surface area contributed by atoms with Crippen LogP contribution >= 0.6 is 34.5 Å². The second-order valence-electron chi connectivity index (χ2n) is 5.35. The average Bonchev–Trinajstić information content (AvgIpc) is 3.20. The third kappa shape index (κ3) is 3.05. The molecule has 4 rings (SSSR count). The lowest BCUT2D eigenvalue weighted by Gasteiger charge is -1.99. The van der Waals surface area contributed by atoms with Crippen molar-refractivity contribution in [3.63, 3.8) is 0 Å². The van der Waals surface area contributed by atoms with E-state index in [0.29, 0.717) is 26.1 Å². The van der Waals surface area contributed by atoms with Gasteiger partial charge in [-0.05, 0) is 24.3 Å². The number of rotatable bonds is 3. The molecule has 2 N–H and O–H groups in total. The number of carbonyl (C=O) groups excluding carboxylic acids is 1. The largest absolute Gasteiger partial charge is 0.349 e. The fourth-order valence-corrected chi connectivity index (χ4v) is 3.81. The Bertz CT molecular complexity index is 1140. The lowest BCUT2D eigenvalue weighted by atomic mass is 10.2. The highest BCUT2D eigenvalue weighted by atomic mass is 35.5. The van der Waals surface area contributed by atoms with Gasteiger partial charge >= 0.3 is 0 Å². The number of hydrogen-bond donors (Lipinski definition) is 2. The number of anilines is 1. The zero-order valence-electron chi connectivity index (χ0n) is 12.9. The average molecular weight is 407 g/mol. The van der Waals surface area contributed by atoms with Gasteiger partial charge in [-0.3, -0.25) is 10.1 Å². The second kappa shape index (κ2) is 6.68. The second-order valence-corrected chi connectivity index (χ2v) is 7.11. The fourth-order valence-electron chi connectivity index (χ4n) is 2.46. The number of nitrogens with zero attached hydrogens (tertiary/aromatic N) is 2. The van der Waals surface area contributed by atoms with Crippen LogP contribution in [0.3, 0.4) is 0 Å². The molecule has 0 saturated carbocycles. The van der Waals surface area contributed by atoms with E-state index in [1.165, 1.54) is 29.5 Å². The van der Waals surface area contributed by atoms with E-state index in [1.807, 2.05) is 18.2 Å². The van der Waals surface area contributed by atoms with Crippen LogP contribution in [0.4, 0.5) is 9.52 Å². The Hall–Kier alpha value is -2.48. The van der Waals surface area contributed by atoms with Gasteiger partial charge in [-0.15, -0.1) is 10.2 Å². The topological polar surface area (TPSA) is 70.7 Å². The van der Waals surface area contributed by atoms with Gasteiger partial charge < -0.3 is 4.98 Å². The lowest BCUT2D eigenvalue weighted by Crippen LogP contribution is -2.12. The first-order valence-electron chi connectivity index (χ1n) is 7.39. The van der Waals surface area contributed by atoms with Crippen molar-refractivity contribution in [2.75, 3.05) is 5.32 Å². The van der Waals surface area contributed by atoms with Gasteiger partial charge in [-0.2, -0.15) is 0 Å². The van der Waals surface area contributed by atoms with Crippen molar-refractivity contribution < 1.29 is 9.18 Å². The van der Waals surface area contributed by atoms with Gasteiger partial charge in [0.05, 0.1) is 10.0 Å². The predicted molar refractivity (Wildman–Crippen MR) is 102 cm³/mol. The van der Waals surface area contributed by atoms with Crippen molar-refractivity contribution >= 4 is 56.5 Å². The molecule has 2 aromatic heterocycles. The molecule has 9 heteroatoms. The first-order chi connectivity index (χ1) is 12.5. The van der Waals surface area contributed by atoms with Crippen molar-refractivity contribution in [3.8, 4) is 10.6 Å². The SMILES string of the molecule is O=C(Nc1nnc(-c2ccccc2Cl)s1)c1[nH]c2ccc(F)cc2c1Cl. The maximum absolute atomic E-state index is 13.4. The summed E-state index contributed by atoms with van der Waals surface area (Å²) in [4.78, 5) is 15.4. The summed E-state index contributed by atoms with van der Waals surface area (Å²) < 4.78 is 13.4. The molecule has 0 aliphatic heterocycles. The first kappa shape index (κ1) is 17.0. The molecule has 0 fully saturated rings. The van der Waals surface area contributed by atoms with E-state index in [-0.39, 0.29) is 10.7 Å². The summed E-state index contributed by atoms with van der Waals surface area (Å²) in [6.45, 7) is 0. The van der Waals surface area contributed by atoms with Crippen molar-refractivity contribution in [1.82, 2.24) is 15.2 Å². The van der Waals surface area contributed by atoms with Crippen LogP contribution < -0.4 is 5.32 Å². The zero-order valence-corrected chi connectivity index (χ0v) is 15.2. The summed E-state index contributed by atoms with van der Waals surface area (Å²) in [5, 5.41) is 12.6. The summed E-state index contributed by atoms with van der Waals surface area (Å²) in [5.74, 6) is -0.924. The van der Waals surface area contributed by atoms with Gasteiger partial charge in [0.15, 0.2) is 5.01 Å². The number of carbonyl (C=O) groups is 1. The predicted octanol–water partition coefficient (Wildman–Crippen LogP) is 5.38. The van der Waals surface area contributed by atoms with E-state index in [2.05, 4.69) is 20.5 Å². The Morgan fingerprint density at radius 2 is 1.96 bits per heavy atom. The molecule has 0 aliphatic rings. The van der Waals surface area contributed by atoms with Crippen LogP contribution in [0, 0.1) is 5.82 Å². The van der Waals surface area contributed by atoms with Crippen LogP contribution in [0.2, 0.25) is 10.0 Å². The Kier molecular flexibility index (Phi) is 4.36. The first-order valence-corrected chi connectivity index (χ1v) is 8.96. The van der Waals surface area contributed by atoms with Gasteiger partial charge in [0.25, 0.3) is 5.91 Å². The third-order valence-corrected chi connectivity index (χ3v) is 5.27. The number of nitrogens with one attached hydrogen (secondary N) is 2. The molecule has 5 nitrogen and oxygen atoms in total. The van der Waals surface area contributed by atoms with E-state index >= 15 is 0 Å². The number of H-pyrrole nitrogens is 1. The third-order valence-electron chi connectivity index (χ3n) is 3.67. The maximum atomic E-state index is 13.4. The smallest absolute Gasteiger partial charge is 0.275 e. The van der Waals surface area contributed by atoms with E-state index in [0.717, 1.165) is 5.56 Å². The molecule has 26 heavy (non-hydrogen) atoms. The molecule has 0 unspecified atom stereocenters. The van der Waals surface area contributed by atoms with Crippen LogP contribution in [0.5, 0.6) is 0 Å². The summed E-state index contributed by atoms with van der Waals surface area (Å²) in [6.07, 6.45) is 0. The highest BCUT2D eigenvalue weighted by Gasteiger charge is 2.19. The van der Waals surface area contributed by atoms with Gasteiger partial charge in [0.2, 0.25) is 5.13 Å². The molecule has 2 aromatic carbocycles. The minimum absolute atomic E-state index is 0.127. The molecule has 0 saturated heterocycles. The number of fused-ring (bicyclic) bond motifs is 1. The van der Waals surface area contributed by atoms with Crippen LogP contribution in [0.25, 0.3) is 21.5 Å². The lowest BCUT2D eigenvalue weighted by molar-refractivity contribution is 0.102. The normalized spacial score (nSPS) is 11.0. The number of aromatic nitrogens is 3. The van der Waals surface area contributed by atoms with Crippen LogP contribution in [-0.2, 0) is 0 Å². The van der Waals surface area contributed by atoms with E-state index in [4.69, 9.17) is 23.2 Å². The molecular formula is C17H9Cl2FN4OS. The molecule has 1 amide bonds. The molecular weight excluding hydrogens is 398 g/mol. The molecule has 0 aliphatic carbocycles. The minimum atomic E-state index is -0.492. The zero-order chi connectivity index (χ0) is 18.3. The monoisotopic (exact) mass is 406 g/mol. The molecule has 0 atom stereocenters. The summed E-state index contributed by atoms with van der Waals surface area (Å²) in [6, 6.07) is 11.3. The van der Waals surface area contributed by atoms with Crippen molar-refractivity contribution in [2.24, 2.45) is 0 Å². The minimum Gasteiger partial charge on any atom is -0.349 e. The Morgan fingerprint density at radius 1 is 1.15 bits per heavy atom. The Balaban J connectivity index is 1.61. The molecule has 130 valence electrons. The highest BCUT2D eigenvalue weighted by Crippen LogP contribution is 2.33. The quantitative estimate of drug-likeness (QED) is 0.479. The van der Waals surface area contributed by atoms with Gasteiger partial charge in [-0.1, -0.05) is 52.7 Å². The van der Waals surface area contributed by atoms with Gasteiger partial charge in [0.1, 0.15) is 11.5 Å². The Labute approximate surface area is 160 Å². The van der Waals surface area contributed by atoms with Crippen LogP contribution in [0.1, 0.15) is 10.5 Å². The van der Waals surface area contributed by atoms with Gasteiger partial charge in [0, 0.05) is 16.5 Å². The number of aromatic amines is 1. The number of benzene rings is 2. The van der Waals surface area contributed by atoms with Crippen molar-refractivity contribution in [2.45, 2.75) is 0 Å². The van der Waals surface area contributed by atoms with E-state index in [1.54, 1.807) is 6.07 Å². The molecule has 0 bridgehead atoms. The van der Waals surface area contributed by atoms with Crippen molar-refractivity contribution in [3.05, 3.63) is 64.0 Å². The standard InChI is InChI=1S/C17H9Cl2FN4OS/c18-11-4-2-1-3-9(11)16-23-24-17(26-16)22-15(25)14-13(19)10-7-8(20)5-6-12(10)21-14/h1-7,21H,(H,22,24,25). The molecule has 2 heterocycles. The van der Waals surface area contributed by atoms with Crippen molar-refractivity contribution in [1.29, 1.82) is 0 Å². The number of hydrogen-bond acceptors (Lipinski definition) is 4. The van der Waals surface area contributed by atoms with Crippen LogP contribution in [0.15, 0.2) is 42.5 Å². The summed E-state index contributed by atoms with van der Waals surface area (Å²) in [7, 11) is 0. The molecule has 0 radical (unpaired) electrons. The number of amides is 1. The van der Waals surface area contributed by atoms with Gasteiger partial charge in [-0.25, -0.2) is 4.39 Å². The van der Waals surface area contributed by atoms with E-state index in [9.17, 15) is 9.18 Å². The molecule has 4 aromatic rings. The Morgan fingerprint density at radius 3 is 2.77 bits per heavy atom. The number of halogens is 3. The summed E-state index contributed by atoms with van der Waals surface area (Å²) in [5.41, 5.74) is 1.42. The summed E-state index contributed by atoms with van der Waals surface area (Å²) >= 11 is 13.5. The van der Waals surface area contributed by atoms with Crippen LogP contribution in [-0.4, -0.2) is 21.1 Å². The molecule has 0 spiro atoms. The maximum Gasteiger partial charge on any atom is 0.275 e.